The van der Waals surface area contributed by atoms with Crippen LogP contribution in [0.1, 0.15) is 24.2 Å². The number of carbonyl (C=O) groups is 1. The Morgan fingerprint density at radius 2 is 2.07 bits per heavy atom. The lowest BCUT2D eigenvalue weighted by Crippen LogP contribution is -2.08. The van der Waals surface area contributed by atoms with Crippen LogP contribution in [-0.4, -0.2) is 19.2 Å². The van der Waals surface area contributed by atoms with E-state index in [0.717, 1.165) is 6.07 Å². The van der Waals surface area contributed by atoms with E-state index < -0.39 is 11.8 Å². The molecule has 0 radical (unpaired) electrons. The molecule has 0 saturated carbocycles. The third-order valence-corrected chi connectivity index (χ3v) is 1.74. The number of carbonyl (C=O) groups excluding carboxylic acids is 1. The number of hydrogen-bond acceptors (Lipinski definition) is 3. The van der Waals surface area contributed by atoms with Crippen LogP contribution < -0.4 is 4.74 Å². The standard InChI is InChI=1S/C11H13FO3/c1-3-14-10-6-5-8(12)7-9(10)11(13)15-4-2/h5-7H,3-4H2,1-2H3. The molecule has 0 aliphatic heterocycles. The average Bonchev–Trinajstić information content (AvgIpc) is 2.21. The molecule has 0 atom stereocenters. The van der Waals surface area contributed by atoms with E-state index in [0.29, 0.717) is 12.4 Å². The van der Waals surface area contributed by atoms with Gasteiger partial charge in [0.2, 0.25) is 0 Å². The Hall–Kier alpha value is -1.58. The summed E-state index contributed by atoms with van der Waals surface area (Å²) in [6.45, 7) is 4.15. The van der Waals surface area contributed by atoms with E-state index >= 15 is 0 Å². The van der Waals surface area contributed by atoms with Crippen molar-refractivity contribution >= 4 is 5.97 Å². The molecule has 0 aromatic heterocycles. The largest absolute Gasteiger partial charge is 0.493 e. The van der Waals surface area contributed by atoms with Crippen LogP contribution in [-0.2, 0) is 4.74 Å². The molecule has 0 heterocycles. The fourth-order valence-electron chi connectivity index (χ4n) is 1.15. The average molecular weight is 212 g/mol. The first kappa shape index (κ1) is 11.5. The van der Waals surface area contributed by atoms with Gasteiger partial charge in [-0.1, -0.05) is 0 Å². The van der Waals surface area contributed by atoms with Crippen molar-refractivity contribution in [2.24, 2.45) is 0 Å². The summed E-state index contributed by atoms with van der Waals surface area (Å²) in [6.07, 6.45) is 0. The van der Waals surface area contributed by atoms with Crippen molar-refractivity contribution in [3.8, 4) is 5.75 Å². The second kappa shape index (κ2) is 5.34. The molecule has 0 saturated heterocycles. The van der Waals surface area contributed by atoms with E-state index in [1.165, 1.54) is 12.1 Å². The first-order valence-electron chi connectivity index (χ1n) is 4.78. The van der Waals surface area contributed by atoms with Crippen LogP contribution in [0, 0.1) is 5.82 Å². The maximum atomic E-state index is 12.9. The zero-order chi connectivity index (χ0) is 11.3. The molecule has 1 aromatic carbocycles. The van der Waals surface area contributed by atoms with Gasteiger partial charge in [0.1, 0.15) is 17.1 Å². The van der Waals surface area contributed by atoms with Crippen molar-refractivity contribution in [3.63, 3.8) is 0 Å². The first-order valence-corrected chi connectivity index (χ1v) is 4.78. The van der Waals surface area contributed by atoms with Crippen molar-refractivity contribution in [1.82, 2.24) is 0 Å². The minimum absolute atomic E-state index is 0.124. The second-order valence-corrected chi connectivity index (χ2v) is 2.79. The Labute approximate surface area is 87.8 Å². The lowest BCUT2D eigenvalue weighted by molar-refractivity contribution is 0.0521. The Kier molecular flexibility index (Phi) is 4.09. The van der Waals surface area contributed by atoms with Gasteiger partial charge in [-0.05, 0) is 32.0 Å². The lowest BCUT2D eigenvalue weighted by Gasteiger charge is -2.08. The summed E-state index contributed by atoms with van der Waals surface area (Å²) in [5, 5.41) is 0. The lowest BCUT2D eigenvalue weighted by atomic mass is 10.2. The van der Waals surface area contributed by atoms with Gasteiger partial charge < -0.3 is 9.47 Å². The zero-order valence-electron chi connectivity index (χ0n) is 8.75. The number of hydrogen-bond donors (Lipinski definition) is 0. The van der Waals surface area contributed by atoms with Crippen molar-refractivity contribution in [2.75, 3.05) is 13.2 Å². The summed E-state index contributed by atoms with van der Waals surface area (Å²) in [5.74, 6) is -0.709. The van der Waals surface area contributed by atoms with E-state index in [1.54, 1.807) is 13.8 Å². The molecule has 1 aromatic rings. The van der Waals surface area contributed by atoms with Crippen molar-refractivity contribution in [1.29, 1.82) is 0 Å². The number of esters is 1. The third-order valence-electron chi connectivity index (χ3n) is 1.74. The van der Waals surface area contributed by atoms with Gasteiger partial charge in [0.15, 0.2) is 0 Å². The van der Waals surface area contributed by atoms with Gasteiger partial charge in [0, 0.05) is 0 Å². The summed E-state index contributed by atoms with van der Waals surface area (Å²) in [4.78, 5) is 11.4. The van der Waals surface area contributed by atoms with Crippen LogP contribution in [0.5, 0.6) is 5.75 Å². The Morgan fingerprint density at radius 3 is 2.67 bits per heavy atom. The van der Waals surface area contributed by atoms with Crippen LogP contribution >= 0.6 is 0 Å². The number of benzene rings is 1. The summed E-state index contributed by atoms with van der Waals surface area (Å²) >= 11 is 0. The predicted molar refractivity (Wildman–Crippen MR) is 53.5 cm³/mol. The summed E-state index contributed by atoms with van der Waals surface area (Å²) in [7, 11) is 0. The van der Waals surface area contributed by atoms with Gasteiger partial charge in [-0.25, -0.2) is 9.18 Å². The maximum absolute atomic E-state index is 12.9. The highest BCUT2D eigenvalue weighted by Gasteiger charge is 2.14. The minimum atomic E-state index is -0.569. The van der Waals surface area contributed by atoms with Crippen molar-refractivity contribution < 1.29 is 18.7 Å². The highest BCUT2D eigenvalue weighted by Crippen LogP contribution is 2.20. The van der Waals surface area contributed by atoms with Crippen LogP contribution in [0.25, 0.3) is 0 Å². The predicted octanol–water partition coefficient (Wildman–Crippen LogP) is 2.40. The maximum Gasteiger partial charge on any atom is 0.342 e. The van der Waals surface area contributed by atoms with Gasteiger partial charge in [0.05, 0.1) is 13.2 Å². The van der Waals surface area contributed by atoms with E-state index in [1.807, 2.05) is 0 Å². The first-order chi connectivity index (χ1) is 7.19. The Morgan fingerprint density at radius 1 is 1.33 bits per heavy atom. The quantitative estimate of drug-likeness (QED) is 0.719. The summed E-state index contributed by atoms with van der Waals surface area (Å²) < 4.78 is 22.9. The fourth-order valence-corrected chi connectivity index (χ4v) is 1.15. The van der Waals surface area contributed by atoms with E-state index in [2.05, 4.69) is 0 Å². The molecule has 3 nitrogen and oxygen atoms in total. The third kappa shape index (κ3) is 2.94. The van der Waals surface area contributed by atoms with Crippen LogP contribution in [0.4, 0.5) is 4.39 Å². The van der Waals surface area contributed by atoms with Gasteiger partial charge in [-0.3, -0.25) is 0 Å². The normalized spacial score (nSPS) is 9.80. The molecular weight excluding hydrogens is 199 g/mol. The molecule has 0 unspecified atom stereocenters. The van der Waals surface area contributed by atoms with E-state index in [9.17, 15) is 9.18 Å². The molecule has 1 rings (SSSR count). The smallest absolute Gasteiger partial charge is 0.342 e. The molecule has 0 aliphatic carbocycles. The molecule has 0 aliphatic rings. The van der Waals surface area contributed by atoms with Crippen LogP contribution in [0.3, 0.4) is 0 Å². The molecule has 0 amide bonds. The molecule has 4 heteroatoms. The second-order valence-electron chi connectivity index (χ2n) is 2.79. The highest BCUT2D eigenvalue weighted by molar-refractivity contribution is 5.92. The molecular formula is C11H13FO3. The van der Waals surface area contributed by atoms with Crippen molar-refractivity contribution in [3.05, 3.63) is 29.6 Å². The van der Waals surface area contributed by atoms with E-state index in [-0.39, 0.29) is 12.2 Å². The van der Waals surface area contributed by atoms with Gasteiger partial charge in [-0.15, -0.1) is 0 Å². The molecule has 82 valence electrons. The van der Waals surface area contributed by atoms with Gasteiger partial charge >= 0.3 is 5.97 Å². The topological polar surface area (TPSA) is 35.5 Å². The van der Waals surface area contributed by atoms with Crippen molar-refractivity contribution in [2.45, 2.75) is 13.8 Å². The summed E-state index contributed by atoms with van der Waals surface area (Å²) in [6, 6.07) is 3.78. The molecule has 0 fully saturated rings. The molecule has 0 spiro atoms. The Balaban J connectivity index is 3.00. The van der Waals surface area contributed by atoms with E-state index in [4.69, 9.17) is 9.47 Å². The number of ether oxygens (including phenoxy) is 2. The van der Waals surface area contributed by atoms with Crippen LogP contribution in [0.15, 0.2) is 18.2 Å². The fraction of sp³-hybridized carbons (Fsp3) is 0.364. The molecule has 0 N–H and O–H groups in total. The molecule has 15 heavy (non-hydrogen) atoms. The molecule has 0 bridgehead atoms. The number of rotatable bonds is 4. The number of halogens is 1. The van der Waals surface area contributed by atoms with Gasteiger partial charge in [-0.2, -0.15) is 0 Å². The summed E-state index contributed by atoms with van der Waals surface area (Å²) in [5.41, 5.74) is 0.124. The zero-order valence-corrected chi connectivity index (χ0v) is 8.75. The minimum Gasteiger partial charge on any atom is -0.493 e. The highest BCUT2D eigenvalue weighted by atomic mass is 19.1. The van der Waals surface area contributed by atoms with Gasteiger partial charge in [0.25, 0.3) is 0 Å². The SMILES string of the molecule is CCOC(=O)c1cc(F)ccc1OCC. The Bertz CT molecular complexity index is 350. The van der Waals surface area contributed by atoms with Crippen LogP contribution in [0.2, 0.25) is 0 Å². The monoisotopic (exact) mass is 212 g/mol.